The van der Waals surface area contributed by atoms with Crippen molar-refractivity contribution in [3.8, 4) is 28.1 Å². The maximum atomic E-state index is 6.76. The van der Waals surface area contributed by atoms with Crippen LogP contribution in [0.5, 0.6) is 0 Å². The summed E-state index contributed by atoms with van der Waals surface area (Å²) in [6.45, 7) is 0. The highest BCUT2D eigenvalue weighted by molar-refractivity contribution is 6.18. The van der Waals surface area contributed by atoms with Crippen molar-refractivity contribution in [3.05, 3.63) is 146 Å². The minimum atomic E-state index is 0.873. The van der Waals surface area contributed by atoms with Crippen LogP contribution in [0.3, 0.4) is 0 Å². The van der Waals surface area contributed by atoms with E-state index in [2.05, 4.69) is 144 Å². The fraction of sp³-hybridized carbons (Fsp3) is 0. The average molecular weight is 537 g/mol. The first-order chi connectivity index (χ1) is 20.8. The Balaban J connectivity index is 1.37. The SMILES string of the molecule is c1ccc(-c2cc(-c3cccc4oc5c(-n6c7ccccc7c7ccccc76)cccc5c34)c3ccccc3n2)cc1. The molecule has 9 aromatic rings. The van der Waals surface area contributed by atoms with Crippen molar-refractivity contribution >= 4 is 54.6 Å². The van der Waals surface area contributed by atoms with Gasteiger partial charge in [0.15, 0.2) is 5.58 Å². The molecule has 0 aliphatic rings. The van der Waals surface area contributed by atoms with E-state index < -0.39 is 0 Å². The van der Waals surface area contributed by atoms with Crippen LogP contribution in [-0.2, 0) is 0 Å². The molecule has 0 amide bonds. The van der Waals surface area contributed by atoms with Crippen molar-refractivity contribution in [2.45, 2.75) is 0 Å². The molecule has 0 radical (unpaired) electrons. The quantitative estimate of drug-likeness (QED) is 0.225. The summed E-state index contributed by atoms with van der Waals surface area (Å²) >= 11 is 0. The molecule has 0 aliphatic carbocycles. The maximum absolute atomic E-state index is 6.76. The predicted molar refractivity (Wildman–Crippen MR) is 174 cm³/mol. The lowest BCUT2D eigenvalue weighted by atomic mass is 9.94. The summed E-state index contributed by atoms with van der Waals surface area (Å²) in [5, 5.41) is 5.81. The Hall–Kier alpha value is -5.67. The second kappa shape index (κ2) is 8.92. The summed E-state index contributed by atoms with van der Waals surface area (Å²) in [7, 11) is 0. The number of nitrogens with zero attached hydrogens (tertiary/aromatic N) is 2. The van der Waals surface area contributed by atoms with Gasteiger partial charge in [-0.2, -0.15) is 0 Å². The van der Waals surface area contributed by atoms with Gasteiger partial charge in [0.1, 0.15) is 5.58 Å². The van der Waals surface area contributed by atoms with Crippen LogP contribution < -0.4 is 0 Å². The first-order valence-corrected chi connectivity index (χ1v) is 14.2. The minimum Gasteiger partial charge on any atom is -0.454 e. The summed E-state index contributed by atoms with van der Waals surface area (Å²) in [5.41, 5.74) is 10.4. The molecular formula is C39H24N2O. The highest BCUT2D eigenvalue weighted by Crippen LogP contribution is 2.43. The van der Waals surface area contributed by atoms with Gasteiger partial charge < -0.3 is 8.98 Å². The van der Waals surface area contributed by atoms with E-state index in [9.17, 15) is 0 Å². The van der Waals surface area contributed by atoms with Crippen LogP contribution >= 0.6 is 0 Å². The number of rotatable bonds is 3. The Bertz CT molecular complexity index is 2410. The third-order valence-corrected chi connectivity index (χ3v) is 8.40. The molecule has 0 atom stereocenters. The van der Waals surface area contributed by atoms with Gasteiger partial charge in [-0.15, -0.1) is 0 Å². The minimum absolute atomic E-state index is 0.873. The Morgan fingerprint density at radius 2 is 1.14 bits per heavy atom. The third kappa shape index (κ3) is 3.31. The van der Waals surface area contributed by atoms with E-state index in [1.165, 1.54) is 21.8 Å². The van der Waals surface area contributed by atoms with Gasteiger partial charge in [-0.25, -0.2) is 4.98 Å². The molecule has 3 heteroatoms. The Morgan fingerprint density at radius 1 is 0.500 bits per heavy atom. The van der Waals surface area contributed by atoms with Gasteiger partial charge in [0.25, 0.3) is 0 Å². The van der Waals surface area contributed by atoms with Crippen LogP contribution in [0.1, 0.15) is 0 Å². The van der Waals surface area contributed by atoms with E-state index >= 15 is 0 Å². The van der Waals surface area contributed by atoms with Gasteiger partial charge in [0, 0.05) is 32.5 Å². The monoisotopic (exact) mass is 536 g/mol. The van der Waals surface area contributed by atoms with Gasteiger partial charge in [-0.3, -0.25) is 0 Å². The molecule has 3 aromatic heterocycles. The lowest BCUT2D eigenvalue weighted by Crippen LogP contribution is -1.94. The maximum Gasteiger partial charge on any atom is 0.159 e. The van der Waals surface area contributed by atoms with E-state index in [0.29, 0.717) is 0 Å². The highest BCUT2D eigenvalue weighted by Gasteiger charge is 2.20. The topological polar surface area (TPSA) is 31.0 Å². The lowest BCUT2D eigenvalue weighted by molar-refractivity contribution is 0.666. The fourth-order valence-electron chi connectivity index (χ4n) is 6.57. The molecule has 196 valence electrons. The largest absolute Gasteiger partial charge is 0.454 e. The normalized spacial score (nSPS) is 11.8. The molecule has 0 fully saturated rings. The van der Waals surface area contributed by atoms with Gasteiger partial charge >= 0.3 is 0 Å². The molecule has 0 saturated carbocycles. The van der Waals surface area contributed by atoms with Crippen LogP contribution in [0.25, 0.3) is 82.7 Å². The van der Waals surface area contributed by atoms with Crippen molar-refractivity contribution < 1.29 is 4.42 Å². The molecule has 0 bridgehead atoms. The molecule has 3 nitrogen and oxygen atoms in total. The summed E-state index contributed by atoms with van der Waals surface area (Å²) in [4.78, 5) is 5.04. The summed E-state index contributed by atoms with van der Waals surface area (Å²) in [6, 6.07) is 51.1. The van der Waals surface area contributed by atoms with Crippen LogP contribution in [0.4, 0.5) is 0 Å². The molecule has 0 aliphatic heterocycles. The lowest BCUT2D eigenvalue weighted by Gasteiger charge is -2.12. The van der Waals surface area contributed by atoms with Crippen molar-refractivity contribution in [1.29, 1.82) is 0 Å². The number of hydrogen-bond donors (Lipinski definition) is 0. The number of benzene rings is 6. The Labute approximate surface area is 241 Å². The number of fused-ring (bicyclic) bond motifs is 7. The van der Waals surface area contributed by atoms with Crippen molar-refractivity contribution in [2.75, 3.05) is 0 Å². The van der Waals surface area contributed by atoms with E-state index in [1.807, 2.05) is 6.07 Å². The third-order valence-electron chi connectivity index (χ3n) is 8.40. The molecule has 0 N–H and O–H groups in total. The number of hydrogen-bond acceptors (Lipinski definition) is 2. The molecular weight excluding hydrogens is 512 g/mol. The predicted octanol–water partition coefficient (Wildman–Crippen LogP) is 10.6. The van der Waals surface area contributed by atoms with Crippen LogP contribution in [0.2, 0.25) is 0 Å². The number of aromatic nitrogens is 2. The second-order valence-electron chi connectivity index (χ2n) is 10.7. The molecule has 9 rings (SSSR count). The first kappa shape index (κ1) is 23.1. The van der Waals surface area contributed by atoms with E-state index in [4.69, 9.17) is 9.40 Å². The summed E-state index contributed by atoms with van der Waals surface area (Å²) in [6.07, 6.45) is 0. The fourth-order valence-corrected chi connectivity index (χ4v) is 6.57. The summed E-state index contributed by atoms with van der Waals surface area (Å²) in [5.74, 6) is 0. The zero-order valence-electron chi connectivity index (χ0n) is 22.7. The molecule has 0 spiro atoms. The van der Waals surface area contributed by atoms with E-state index in [-0.39, 0.29) is 0 Å². The van der Waals surface area contributed by atoms with E-state index in [0.717, 1.165) is 60.9 Å². The van der Waals surface area contributed by atoms with Gasteiger partial charge in [0.05, 0.1) is 27.9 Å². The van der Waals surface area contributed by atoms with Crippen molar-refractivity contribution in [1.82, 2.24) is 9.55 Å². The first-order valence-electron chi connectivity index (χ1n) is 14.2. The number of para-hydroxylation sites is 4. The molecule has 42 heavy (non-hydrogen) atoms. The molecule has 0 unspecified atom stereocenters. The van der Waals surface area contributed by atoms with Crippen molar-refractivity contribution in [2.24, 2.45) is 0 Å². The zero-order valence-corrected chi connectivity index (χ0v) is 22.7. The molecule has 3 heterocycles. The molecule has 0 saturated heterocycles. The van der Waals surface area contributed by atoms with Crippen LogP contribution in [0, 0.1) is 0 Å². The van der Waals surface area contributed by atoms with Crippen molar-refractivity contribution in [3.63, 3.8) is 0 Å². The average Bonchev–Trinajstić information content (AvgIpc) is 3.61. The number of pyridine rings is 1. The van der Waals surface area contributed by atoms with E-state index in [1.54, 1.807) is 0 Å². The second-order valence-corrected chi connectivity index (χ2v) is 10.7. The number of furan rings is 1. The zero-order chi connectivity index (χ0) is 27.6. The molecule has 6 aromatic carbocycles. The summed E-state index contributed by atoms with van der Waals surface area (Å²) < 4.78 is 9.10. The Morgan fingerprint density at radius 3 is 1.93 bits per heavy atom. The highest BCUT2D eigenvalue weighted by atomic mass is 16.3. The standard InChI is InChI=1S/C39H24N2O/c1-2-12-25(13-3-1)33-24-31(26-14-4-7-19-32(26)40-33)29-17-11-23-37-38(29)30-18-10-22-36(39(30)42-37)41-34-20-8-5-15-27(34)28-16-6-9-21-35(28)41/h1-24H. The van der Waals surface area contributed by atoms with Crippen LogP contribution in [-0.4, -0.2) is 9.55 Å². The van der Waals surface area contributed by atoms with Gasteiger partial charge in [-0.05, 0) is 47.5 Å². The Kier molecular flexibility index (Phi) is 4.90. The van der Waals surface area contributed by atoms with Gasteiger partial charge in [-0.1, -0.05) is 109 Å². The van der Waals surface area contributed by atoms with Crippen LogP contribution in [0.15, 0.2) is 150 Å². The smallest absolute Gasteiger partial charge is 0.159 e. The van der Waals surface area contributed by atoms with Gasteiger partial charge in [0.2, 0.25) is 0 Å².